The second-order valence-electron chi connectivity index (χ2n) is 3.86. The van der Waals surface area contributed by atoms with Gasteiger partial charge in [0.1, 0.15) is 5.58 Å². The number of nitrogens with zero attached hydrogens (tertiary/aromatic N) is 1. The van der Waals surface area contributed by atoms with E-state index in [0.717, 1.165) is 22.3 Å². The topological polar surface area (TPSA) is 34.7 Å². The molecule has 0 N–H and O–H groups in total. The van der Waals surface area contributed by atoms with Crippen molar-refractivity contribution >= 4 is 17.2 Å². The zero-order valence-electron chi connectivity index (χ0n) is 9.61. The maximum atomic E-state index is 5.27. The van der Waals surface area contributed by atoms with Gasteiger partial charge < -0.3 is 9.25 Å². The van der Waals surface area contributed by atoms with Crippen LogP contribution in [0.2, 0.25) is 0 Å². The second kappa shape index (κ2) is 4.75. The maximum absolute atomic E-state index is 5.27. The maximum Gasteiger partial charge on any atom is 0.157 e. The highest BCUT2D eigenvalue weighted by Crippen LogP contribution is 2.16. The zero-order chi connectivity index (χ0) is 12.2. The fourth-order valence-corrected chi connectivity index (χ4v) is 1.69. The van der Waals surface area contributed by atoms with Gasteiger partial charge in [-0.25, -0.2) is 0 Å². The lowest BCUT2D eigenvalue weighted by atomic mass is 10.2. The summed E-state index contributed by atoms with van der Waals surface area (Å²) in [5, 5.41) is 5.00. The van der Waals surface area contributed by atoms with Gasteiger partial charge in [0, 0.05) is 5.39 Å². The van der Waals surface area contributed by atoms with Crippen LogP contribution >= 0.6 is 0 Å². The van der Waals surface area contributed by atoms with Crippen molar-refractivity contribution in [1.82, 2.24) is 0 Å². The predicted octanol–water partition coefficient (Wildman–Crippen LogP) is 3.85. The van der Waals surface area contributed by atoms with Gasteiger partial charge in [0.25, 0.3) is 0 Å². The van der Waals surface area contributed by atoms with Gasteiger partial charge in [0.15, 0.2) is 5.75 Å². The zero-order valence-corrected chi connectivity index (χ0v) is 9.61. The molecule has 2 aromatic carbocycles. The molecule has 3 nitrogen and oxygen atoms in total. The lowest BCUT2D eigenvalue weighted by Gasteiger charge is -1.96. The number of para-hydroxylation sites is 1. The molecule has 3 heteroatoms. The van der Waals surface area contributed by atoms with Crippen LogP contribution in [-0.2, 0) is 0 Å². The highest BCUT2D eigenvalue weighted by molar-refractivity contribution is 5.87. The van der Waals surface area contributed by atoms with Crippen molar-refractivity contribution < 1.29 is 9.25 Å². The van der Waals surface area contributed by atoms with E-state index in [1.807, 2.05) is 54.6 Å². The quantitative estimate of drug-likeness (QED) is 0.512. The van der Waals surface area contributed by atoms with E-state index in [1.54, 1.807) is 12.5 Å². The Bertz CT molecular complexity index is 671. The first kappa shape index (κ1) is 10.6. The molecule has 0 fully saturated rings. The monoisotopic (exact) mass is 237 g/mol. The van der Waals surface area contributed by atoms with Crippen molar-refractivity contribution in [3.05, 3.63) is 66.4 Å². The molecule has 18 heavy (non-hydrogen) atoms. The van der Waals surface area contributed by atoms with Gasteiger partial charge in [0.05, 0.1) is 12.5 Å². The Kier molecular flexibility index (Phi) is 2.80. The van der Waals surface area contributed by atoms with Crippen molar-refractivity contribution in [2.75, 3.05) is 0 Å². The molecule has 0 aliphatic rings. The molecule has 0 aliphatic carbocycles. The molecule has 0 amide bonds. The third-order valence-corrected chi connectivity index (χ3v) is 2.58. The molecule has 0 radical (unpaired) electrons. The van der Waals surface area contributed by atoms with E-state index in [4.69, 9.17) is 9.25 Å². The highest BCUT2D eigenvalue weighted by Gasteiger charge is 1.96. The summed E-state index contributed by atoms with van der Waals surface area (Å²) in [5.74, 6) is 0.720. The SMILES string of the molecule is C(=NOc1ccccc1)c1ccc2occc2c1. The van der Waals surface area contributed by atoms with Gasteiger partial charge in [-0.2, -0.15) is 0 Å². The minimum atomic E-state index is 0.720. The van der Waals surface area contributed by atoms with Crippen molar-refractivity contribution in [1.29, 1.82) is 0 Å². The smallest absolute Gasteiger partial charge is 0.157 e. The predicted molar refractivity (Wildman–Crippen MR) is 70.9 cm³/mol. The largest absolute Gasteiger partial charge is 0.464 e. The minimum Gasteiger partial charge on any atom is -0.464 e. The average molecular weight is 237 g/mol. The third-order valence-electron chi connectivity index (χ3n) is 2.58. The molecule has 0 saturated carbocycles. The van der Waals surface area contributed by atoms with Crippen LogP contribution in [0.15, 0.2) is 70.4 Å². The van der Waals surface area contributed by atoms with Gasteiger partial charge in [0.2, 0.25) is 0 Å². The second-order valence-corrected chi connectivity index (χ2v) is 3.86. The molecule has 1 aromatic heterocycles. The molecule has 1 heterocycles. The number of hydrogen-bond acceptors (Lipinski definition) is 3. The summed E-state index contributed by atoms with van der Waals surface area (Å²) in [5.41, 5.74) is 1.84. The molecule has 3 rings (SSSR count). The number of oxime groups is 1. The summed E-state index contributed by atoms with van der Waals surface area (Å²) in [4.78, 5) is 5.25. The first-order valence-corrected chi connectivity index (χ1v) is 5.64. The van der Waals surface area contributed by atoms with Crippen LogP contribution in [0.1, 0.15) is 5.56 Å². The van der Waals surface area contributed by atoms with E-state index in [9.17, 15) is 0 Å². The van der Waals surface area contributed by atoms with E-state index in [1.165, 1.54) is 0 Å². The molecule has 3 aromatic rings. The number of hydrogen-bond donors (Lipinski definition) is 0. The van der Waals surface area contributed by atoms with Crippen molar-refractivity contribution in [2.45, 2.75) is 0 Å². The summed E-state index contributed by atoms with van der Waals surface area (Å²) in [6, 6.07) is 17.2. The normalized spacial score (nSPS) is 11.1. The van der Waals surface area contributed by atoms with E-state index in [-0.39, 0.29) is 0 Å². The van der Waals surface area contributed by atoms with Gasteiger partial charge in [-0.3, -0.25) is 0 Å². The molecule has 0 spiro atoms. The Morgan fingerprint density at radius 1 is 1.00 bits per heavy atom. The summed E-state index contributed by atoms with van der Waals surface area (Å²) in [6.07, 6.45) is 3.35. The number of rotatable bonds is 3. The standard InChI is InChI=1S/C15H11NO2/c1-2-4-14(5-3-1)18-16-11-12-6-7-15-13(10-12)8-9-17-15/h1-11H. The van der Waals surface area contributed by atoms with Crippen LogP contribution in [0, 0.1) is 0 Å². The van der Waals surface area contributed by atoms with Gasteiger partial charge in [-0.05, 0) is 42.0 Å². The Morgan fingerprint density at radius 2 is 1.89 bits per heavy atom. The van der Waals surface area contributed by atoms with Crippen LogP contribution < -0.4 is 4.84 Å². The molecule has 88 valence electrons. The average Bonchev–Trinajstić information content (AvgIpc) is 2.87. The number of fused-ring (bicyclic) bond motifs is 1. The molecule has 0 unspecified atom stereocenters. The Labute approximate surface area is 104 Å². The fraction of sp³-hybridized carbons (Fsp3) is 0. The molecular weight excluding hydrogens is 226 g/mol. The minimum absolute atomic E-state index is 0.720. The lowest BCUT2D eigenvalue weighted by molar-refractivity contribution is 0.344. The Hall–Kier alpha value is -2.55. The molecule has 0 atom stereocenters. The van der Waals surface area contributed by atoms with E-state index < -0.39 is 0 Å². The molecule has 0 aliphatic heterocycles. The van der Waals surface area contributed by atoms with Crippen LogP contribution in [-0.4, -0.2) is 6.21 Å². The molecule has 0 saturated heterocycles. The number of benzene rings is 2. The third kappa shape index (κ3) is 2.25. The molecule has 0 bridgehead atoms. The summed E-state index contributed by atoms with van der Waals surface area (Å²) < 4.78 is 5.27. The first-order chi connectivity index (χ1) is 8.92. The van der Waals surface area contributed by atoms with Crippen LogP contribution in [0.3, 0.4) is 0 Å². The van der Waals surface area contributed by atoms with Gasteiger partial charge in [-0.15, -0.1) is 0 Å². The van der Waals surface area contributed by atoms with E-state index in [0.29, 0.717) is 0 Å². The number of furan rings is 1. The van der Waals surface area contributed by atoms with Crippen LogP contribution in [0.4, 0.5) is 0 Å². The summed E-state index contributed by atoms with van der Waals surface area (Å²) in [6.45, 7) is 0. The lowest BCUT2D eigenvalue weighted by Crippen LogP contribution is -1.86. The summed E-state index contributed by atoms with van der Waals surface area (Å²) >= 11 is 0. The van der Waals surface area contributed by atoms with Gasteiger partial charge >= 0.3 is 0 Å². The fourth-order valence-electron chi connectivity index (χ4n) is 1.69. The first-order valence-electron chi connectivity index (χ1n) is 5.64. The van der Waals surface area contributed by atoms with Crippen molar-refractivity contribution in [2.24, 2.45) is 5.16 Å². The molecular formula is C15H11NO2. The highest BCUT2D eigenvalue weighted by atomic mass is 16.6. The Morgan fingerprint density at radius 3 is 2.78 bits per heavy atom. The van der Waals surface area contributed by atoms with Gasteiger partial charge in [-0.1, -0.05) is 23.4 Å². The van der Waals surface area contributed by atoms with Crippen LogP contribution in [0.25, 0.3) is 11.0 Å². The van der Waals surface area contributed by atoms with Crippen molar-refractivity contribution in [3.63, 3.8) is 0 Å². The Balaban J connectivity index is 1.75. The van der Waals surface area contributed by atoms with E-state index in [2.05, 4.69) is 5.16 Å². The summed E-state index contributed by atoms with van der Waals surface area (Å²) in [7, 11) is 0. The van der Waals surface area contributed by atoms with E-state index >= 15 is 0 Å². The van der Waals surface area contributed by atoms with Crippen LogP contribution in [0.5, 0.6) is 5.75 Å². The van der Waals surface area contributed by atoms with Crippen molar-refractivity contribution in [3.8, 4) is 5.75 Å².